The van der Waals surface area contributed by atoms with Gasteiger partial charge in [0.05, 0.1) is 25.7 Å². The molecule has 1 N–H and O–H groups in total. The number of pyridine rings is 1. The Labute approximate surface area is 174 Å². The molecule has 1 fully saturated rings. The van der Waals surface area contributed by atoms with E-state index in [2.05, 4.69) is 4.98 Å². The summed E-state index contributed by atoms with van der Waals surface area (Å²) >= 11 is 0. The van der Waals surface area contributed by atoms with Gasteiger partial charge in [0, 0.05) is 18.3 Å². The van der Waals surface area contributed by atoms with Gasteiger partial charge < -0.3 is 29.4 Å². The molecule has 1 aromatic rings. The third kappa shape index (κ3) is 6.85. The van der Waals surface area contributed by atoms with Crippen LogP contribution in [0.1, 0.15) is 26.5 Å². The Morgan fingerprint density at radius 3 is 2.69 bits per heavy atom. The van der Waals surface area contributed by atoms with Gasteiger partial charge in [0.1, 0.15) is 17.3 Å². The predicted molar refractivity (Wildman–Crippen MR) is 85.4 cm³/mol. The van der Waals surface area contributed by atoms with Crippen molar-refractivity contribution in [2.75, 3.05) is 19.7 Å². The fourth-order valence-electron chi connectivity index (χ4n) is 2.53. The predicted octanol–water partition coefficient (Wildman–Crippen LogP) is -3.25. The molecule has 1 unspecified atom stereocenters. The first-order valence-electron chi connectivity index (χ1n) is 8.01. The molecule has 0 spiro atoms. The van der Waals surface area contributed by atoms with Crippen LogP contribution in [0.3, 0.4) is 0 Å². The van der Waals surface area contributed by atoms with E-state index in [0.29, 0.717) is 5.69 Å². The molecule has 1 aliphatic rings. The molecule has 8 nitrogen and oxygen atoms in total. The van der Waals surface area contributed by atoms with Crippen LogP contribution in [0.4, 0.5) is 4.79 Å². The topological polar surface area (TPSA) is 112 Å². The Morgan fingerprint density at radius 2 is 2.15 bits per heavy atom. The van der Waals surface area contributed by atoms with E-state index in [1.54, 1.807) is 45.2 Å². The van der Waals surface area contributed by atoms with Crippen molar-refractivity contribution in [3.63, 3.8) is 0 Å². The van der Waals surface area contributed by atoms with Gasteiger partial charge in [0.25, 0.3) is 0 Å². The van der Waals surface area contributed by atoms with Crippen LogP contribution in [-0.2, 0) is 20.7 Å². The third-order valence-electron chi connectivity index (χ3n) is 3.58. The molecule has 2 heterocycles. The monoisotopic (exact) mass is 374 g/mol. The van der Waals surface area contributed by atoms with Crippen molar-refractivity contribution in [2.24, 2.45) is 0 Å². The van der Waals surface area contributed by atoms with Crippen molar-refractivity contribution < 1.29 is 58.8 Å². The molecule has 2 atom stereocenters. The quantitative estimate of drug-likeness (QED) is 0.553. The fraction of sp³-hybridized carbons (Fsp3) is 0.588. The maximum absolute atomic E-state index is 12.4. The molecule has 26 heavy (non-hydrogen) atoms. The number of aromatic nitrogens is 1. The van der Waals surface area contributed by atoms with E-state index in [9.17, 15) is 19.8 Å². The summed E-state index contributed by atoms with van der Waals surface area (Å²) in [5.74, 6) is -1.45. The number of carbonyl (C=O) groups is 2. The molecule has 1 aromatic heterocycles. The number of carboxylic acids is 1. The van der Waals surface area contributed by atoms with Crippen molar-refractivity contribution in [2.45, 2.75) is 44.5 Å². The third-order valence-corrected chi connectivity index (χ3v) is 3.58. The summed E-state index contributed by atoms with van der Waals surface area (Å²) in [5, 5.41) is 22.1. The van der Waals surface area contributed by atoms with Gasteiger partial charge in [0.2, 0.25) is 0 Å². The minimum absolute atomic E-state index is 0. The van der Waals surface area contributed by atoms with Gasteiger partial charge in [-0.15, -0.1) is 0 Å². The van der Waals surface area contributed by atoms with E-state index < -0.39 is 29.4 Å². The molecule has 0 bridgehead atoms. The van der Waals surface area contributed by atoms with Gasteiger partial charge in [-0.2, -0.15) is 0 Å². The Hall–Kier alpha value is -1.19. The Balaban J connectivity index is 0.00000338. The van der Waals surface area contributed by atoms with Gasteiger partial charge in [-0.3, -0.25) is 4.98 Å². The number of hydrogen-bond donors (Lipinski definition) is 1. The summed E-state index contributed by atoms with van der Waals surface area (Å²) in [4.78, 5) is 28.9. The zero-order chi connectivity index (χ0) is 18.7. The largest absolute Gasteiger partial charge is 1.00 e. The molecule has 1 amide bonds. The number of hydrogen-bond acceptors (Lipinski definition) is 7. The normalized spacial score (nSPS) is 23.5. The number of amides is 1. The molecule has 138 valence electrons. The van der Waals surface area contributed by atoms with Gasteiger partial charge in [-0.1, -0.05) is 6.07 Å². The standard InChI is InChI=1S/C17H24N2O6.Na/c1-16(2,3)25-15(22)19-9-13(14(20)21)24-11-17(23,10-19)8-12-6-4-5-7-18-12;/h4-7,13,23H,8-11H2,1-3H3,(H,20,21);/q;+1/p-1/t13-,17?;/m0./s1. The number of ether oxygens (including phenoxy) is 2. The van der Waals surface area contributed by atoms with Crippen LogP contribution in [0.2, 0.25) is 0 Å². The van der Waals surface area contributed by atoms with E-state index in [-0.39, 0.29) is 55.7 Å². The Morgan fingerprint density at radius 1 is 1.46 bits per heavy atom. The van der Waals surface area contributed by atoms with Crippen molar-refractivity contribution in [3.05, 3.63) is 30.1 Å². The van der Waals surface area contributed by atoms with Gasteiger partial charge in [0.15, 0.2) is 0 Å². The number of aliphatic carboxylic acids is 1. The van der Waals surface area contributed by atoms with Crippen LogP contribution in [0.15, 0.2) is 24.4 Å². The first-order valence-corrected chi connectivity index (χ1v) is 8.01. The molecule has 2 rings (SSSR count). The maximum Gasteiger partial charge on any atom is 1.00 e. The second-order valence-corrected chi connectivity index (χ2v) is 7.20. The molecule has 0 saturated carbocycles. The first-order chi connectivity index (χ1) is 11.6. The van der Waals surface area contributed by atoms with E-state index in [1.165, 1.54) is 0 Å². The smallest absolute Gasteiger partial charge is 0.547 e. The van der Waals surface area contributed by atoms with E-state index in [0.717, 1.165) is 4.90 Å². The van der Waals surface area contributed by atoms with Crippen LogP contribution < -0.4 is 34.7 Å². The first kappa shape index (κ1) is 22.9. The molecule has 0 radical (unpaired) electrons. The number of rotatable bonds is 3. The molecule has 1 saturated heterocycles. The van der Waals surface area contributed by atoms with Crippen LogP contribution in [-0.4, -0.2) is 64.1 Å². The second-order valence-electron chi connectivity index (χ2n) is 7.20. The van der Waals surface area contributed by atoms with E-state index >= 15 is 0 Å². The number of nitrogens with zero attached hydrogens (tertiary/aromatic N) is 2. The fourth-order valence-corrected chi connectivity index (χ4v) is 2.53. The molecule has 0 aromatic carbocycles. The number of carbonyl (C=O) groups excluding carboxylic acids is 2. The van der Waals surface area contributed by atoms with Gasteiger partial charge >= 0.3 is 35.7 Å². The van der Waals surface area contributed by atoms with Gasteiger partial charge in [-0.05, 0) is 32.9 Å². The summed E-state index contributed by atoms with van der Waals surface area (Å²) in [6.07, 6.45) is -0.368. The minimum Gasteiger partial charge on any atom is -0.547 e. The summed E-state index contributed by atoms with van der Waals surface area (Å²) in [5.41, 5.74) is -1.64. The van der Waals surface area contributed by atoms with E-state index in [4.69, 9.17) is 9.47 Å². The Kier molecular flexibility index (Phi) is 8.04. The Bertz CT molecular complexity index is 621. The van der Waals surface area contributed by atoms with Crippen LogP contribution >= 0.6 is 0 Å². The maximum atomic E-state index is 12.4. The zero-order valence-corrected chi connectivity index (χ0v) is 17.6. The van der Waals surface area contributed by atoms with Crippen LogP contribution in [0.25, 0.3) is 0 Å². The van der Waals surface area contributed by atoms with Crippen molar-refractivity contribution in [3.8, 4) is 0 Å². The minimum atomic E-state index is -1.49. The van der Waals surface area contributed by atoms with Crippen LogP contribution in [0, 0.1) is 0 Å². The van der Waals surface area contributed by atoms with Crippen molar-refractivity contribution in [1.82, 2.24) is 9.88 Å². The summed E-state index contributed by atoms with van der Waals surface area (Å²) in [6, 6.07) is 5.26. The summed E-state index contributed by atoms with van der Waals surface area (Å²) in [7, 11) is 0. The average Bonchev–Trinajstić information content (AvgIpc) is 2.66. The zero-order valence-electron chi connectivity index (χ0n) is 15.6. The molecule has 0 aliphatic carbocycles. The van der Waals surface area contributed by atoms with E-state index in [1.807, 2.05) is 0 Å². The molecular formula is C17H23N2NaO6. The average molecular weight is 374 g/mol. The number of aliphatic hydroxyl groups is 1. The summed E-state index contributed by atoms with van der Waals surface area (Å²) in [6.45, 7) is 4.45. The molecular weight excluding hydrogens is 351 g/mol. The molecule has 1 aliphatic heterocycles. The second kappa shape index (κ2) is 9.14. The molecule has 9 heteroatoms. The summed E-state index contributed by atoms with van der Waals surface area (Å²) < 4.78 is 10.6. The number of carboxylic acid groups (broad SMARTS) is 1. The van der Waals surface area contributed by atoms with Crippen molar-refractivity contribution in [1.29, 1.82) is 0 Å². The SMILES string of the molecule is CC(C)(C)OC(=O)N1C[C@@H](C(=O)[O-])OCC(O)(Cc2ccccn2)C1.[Na+]. The van der Waals surface area contributed by atoms with Crippen molar-refractivity contribution >= 4 is 12.1 Å². The van der Waals surface area contributed by atoms with Crippen LogP contribution in [0.5, 0.6) is 0 Å². The van der Waals surface area contributed by atoms with Gasteiger partial charge in [-0.25, -0.2) is 4.79 Å². The number of β-amino-alcohol motifs (C(OH)–C–C–N with tert-alkyl or cyclic N) is 1.